The van der Waals surface area contributed by atoms with Gasteiger partial charge in [0.25, 0.3) is 0 Å². The van der Waals surface area contributed by atoms with E-state index in [-0.39, 0.29) is 11.2 Å². The first-order valence-corrected chi connectivity index (χ1v) is 9.44. The fourth-order valence-electron chi connectivity index (χ4n) is 2.62. The maximum Gasteiger partial charge on any atom is 0.237 e. The van der Waals surface area contributed by atoms with Crippen LogP contribution in [0.25, 0.3) is 11.4 Å². The zero-order chi connectivity index (χ0) is 19.4. The number of anilines is 1. The van der Waals surface area contributed by atoms with Crippen LogP contribution in [0, 0.1) is 6.92 Å². The minimum atomic E-state index is -0.346. The van der Waals surface area contributed by atoms with E-state index in [1.54, 1.807) is 7.11 Å². The Morgan fingerprint density at radius 2 is 1.93 bits per heavy atom. The van der Waals surface area contributed by atoms with Gasteiger partial charge in [-0.1, -0.05) is 48.2 Å². The number of aromatic nitrogens is 3. The van der Waals surface area contributed by atoms with Crippen molar-refractivity contribution < 1.29 is 9.53 Å². The van der Waals surface area contributed by atoms with Crippen molar-refractivity contribution in [1.29, 1.82) is 0 Å². The van der Waals surface area contributed by atoms with E-state index in [0.29, 0.717) is 16.6 Å². The molecule has 7 heteroatoms. The highest BCUT2D eigenvalue weighted by Gasteiger charge is 2.20. The molecule has 0 bridgehead atoms. The summed E-state index contributed by atoms with van der Waals surface area (Å²) < 4.78 is 7.22. The van der Waals surface area contributed by atoms with E-state index in [1.165, 1.54) is 11.8 Å². The first-order valence-electron chi connectivity index (χ1n) is 8.56. The summed E-state index contributed by atoms with van der Waals surface area (Å²) in [5.41, 5.74) is 2.70. The highest BCUT2D eigenvalue weighted by Crippen LogP contribution is 2.29. The first kappa shape index (κ1) is 19.0. The van der Waals surface area contributed by atoms with Crippen molar-refractivity contribution in [3.8, 4) is 17.1 Å². The second-order valence-corrected chi connectivity index (χ2v) is 7.49. The van der Waals surface area contributed by atoms with Crippen LogP contribution in [0.4, 0.5) is 5.69 Å². The largest absolute Gasteiger partial charge is 0.495 e. The third kappa shape index (κ3) is 4.31. The number of methoxy groups -OCH3 is 1. The molecule has 1 atom stereocenters. The Labute approximate surface area is 163 Å². The molecule has 0 fully saturated rings. The van der Waals surface area contributed by atoms with Gasteiger partial charge in [-0.3, -0.25) is 4.79 Å². The van der Waals surface area contributed by atoms with Crippen molar-refractivity contribution in [2.24, 2.45) is 7.05 Å². The fourth-order valence-corrected chi connectivity index (χ4v) is 3.44. The van der Waals surface area contributed by atoms with Gasteiger partial charge in [-0.15, -0.1) is 10.2 Å². The second-order valence-electron chi connectivity index (χ2n) is 6.18. The number of thioether (sulfide) groups is 1. The summed E-state index contributed by atoms with van der Waals surface area (Å²) in [6.45, 7) is 3.82. The predicted octanol–water partition coefficient (Wildman–Crippen LogP) is 3.92. The summed E-state index contributed by atoms with van der Waals surface area (Å²) in [4.78, 5) is 12.6. The summed E-state index contributed by atoms with van der Waals surface area (Å²) in [6, 6.07) is 15.5. The SMILES string of the molecule is COc1ccc(C)cc1NC(=O)[C@@H](C)Sc1nnc(-c2ccccc2)n1C. The monoisotopic (exact) mass is 382 g/mol. The lowest BCUT2D eigenvalue weighted by Gasteiger charge is -2.14. The van der Waals surface area contributed by atoms with Gasteiger partial charge < -0.3 is 14.6 Å². The molecule has 0 aliphatic rings. The van der Waals surface area contributed by atoms with Gasteiger partial charge in [0.15, 0.2) is 11.0 Å². The standard InChI is InChI=1S/C20H22N4O2S/c1-13-10-11-17(26-4)16(12-13)21-19(25)14(2)27-20-23-22-18(24(20)3)15-8-6-5-7-9-15/h5-12,14H,1-4H3,(H,21,25)/t14-/m1/s1. The molecule has 1 amide bonds. The molecule has 3 rings (SSSR count). The van der Waals surface area contributed by atoms with E-state index in [2.05, 4.69) is 15.5 Å². The van der Waals surface area contributed by atoms with Crippen LogP contribution in [-0.2, 0) is 11.8 Å². The van der Waals surface area contributed by atoms with Crippen molar-refractivity contribution in [3.63, 3.8) is 0 Å². The van der Waals surface area contributed by atoms with Gasteiger partial charge >= 0.3 is 0 Å². The molecular formula is C20H22N4O2S. The van der Waals surface area contributed by atoms with E-state index in [4.69, 9.17) is 4.74 Å². The van der Waals surface area contributed by atoms with Gasteiger partial charge in [0, 0.05) is 12.6 Å². The van der Waals surface area contributed by atoms with Crippen LogP contribution in [0.1, 0.15) is 12.5 Å². The third-order valence-corrected chi connectivity index (χ3v) is 5.27. The predicted molar refractivity (Wildman–Crippen MR) is 108 cm³/mol. The number of amides is 1. The maximum absolute atomic E-state index is 12.6. The van der Waals surface area contributed by atoms with Gasteiger partial charge in [-0.05, 0) is 31.5 Å². The van der Waals surface area contributed by atoms with Crippen LogP contribution in [0.15, 0.2) is 53.7 Å². The molecule has 0 aliphatic carbocycles. The van der Waals surface area contributed by atoms with E-state index in [1.807, 2.05) is 74.0 Å². The topological polar surface area (TPSA) is 69.0 Å². The Bertz CT molecular complexity index is 940. The number of nitrogens with one attached hydrogen (secondary N) is 1. The van der Waals surface area contributed by atoms with E-state index in [9.17, 15) is 4.79 Å². The number of hydrogen-bond donors (Lipinski definition) is 1. The summed E-state index contributed by atoms with van der Waals surface area (Å²) in [7, 11) is 3.49. The smallest absolute Gasteiger partial charge is 0.237 e. The lowest BCUT2D eigenvalue weighted by atomic mass is 10.2. The quantitative estimate of drug-likeness (QED) is 0.655. The zero-order valence-corrected chi connectivity index (χ0v) is 16.6. The Balaban J connectivity index is 1.72. The van der Waals surface area contributed by atoms with E-state index >= 15 is 0 Å². The van der Waals surface area contributed by atoms with E-state index in [0.717, 1.165) is 17.0 Å². The highest BCUT2D eigenvalue weighted by atomic mass is 32.2. The number of aryl methyl sites for hydroxylation is 1. The van der Waals surface area contributed by atoms with Gasteiger partial charge in [0.05, 0.1) is 18.0 Å². The molecule has 140 valence electrons. The van der Waals surface area contributed by atoms with Crippen molar-refractivity contribution in [1.82, 2.24) is 14.8 Å². The van der Waals surface area contributed by atoms with Crippen LogP contribution >= 0.6 is 11.8 Å². The molecular weight excluding hydrogens is 360 g/mol. The second kappa shape index (κ2) is 8.26. The van der Waals surface area contributed by atoms with Gasteiger partial charge in [0.1, 0.15) is 5.75 Å². The Morgan fingerprint density at radius 1 is 1.19 bits per heavy atom. The molecule has 0 spiro atoms. The average Bonchev–Trinajstić information content (AvgIpc) is 3.03. The lowest BCUT2D eigenvalue weighted by Crippen LogP contribution is -2.23. The molecule has 3 aromatic rings. The van der Waals surface area contributed by atoms with Crippen LogP contribution in [0.2, 0.25) is 0 Å². The zero-order valence-electron chi connectivity index (χ0n) is 15.8. The van der Waals surface area contributed by atoms with E-state index < -0.39 is 0 Å². The average molecular weight is 382 g/mol. The fraction of sp³-hybridized carbons (Fsp3) is 0.250. The molecule has 0 saturated carbocycles. The molecule has 6 nitrogen and oxygen atoms in total. The van der Waals surface area contributed by atoms with Crippen LogP contribution in [0.5, 0.6) is 5.75 Å². The number of ether oxygens (including phenoxy) is 1. The van der Waals surface area contributed by atoms with Crippen LogP contribution < -0.4 is 10.1 Å². The Morgan fingerprint density at radius 3 is 2.63 bits per heavy atom. The highest BCUT2D eigenvalue weighted by molar-refractivity contribution is 8.00. The van der Waals surface area contributed by atoms with Gasteiger partial charge in [0.2, 0.25) is 5.91 Å². The third-order valence-electron chi connectivity index (χ3n) is 4.13. The summed E-state index contributed by atoms with van der Waals surface area (Å²) in [6.07, 6.45) is 0. The number of carbonyl (C=O) groups excluding carboxylic acids is 1. The van der Waals surface area contributed by atoms with Crippen molar-refractivity contribution >= 4 is 23.4 Å². The molecule has 0 unspecified atom stereocenters. The molecule has 27 heavy (non-hydrogen) atoms. The summed E-state index contributed by atoms with van der Waals surface area (Å²) in [5, 5.41) is 11.8. The maximum atomic E-state index is 12.6. The molecule has 0 saturated heterocycles. The molecule has 1 N–H and O–H groups in total. The molecule has 1 heterocycles. The molecule has 2 aromatic carbocycles. The molecule has 1 aromatic heterocycles. The Kier molecular flexibility index (Phi) is 5.81. The molecule has 0 radical (unpaired) electrons. The minimum absolute atomic E-state index is 0.117. The van der Waals surface area contributed by atoms with Crippen molar-refractivity contribution in [2.45, 2.75) is 24.3 Å². The van der Waals surface area contributed by atoms with Gasteiger partial charge in [-0.2, -0.15) is 0 Å². The first-order chi connectivity index (χ1) is 13.0. The number of hydrogen-bond acceptors (Lipinski definition) is 5. The number of nitrogens with zero attached hydrogens (tertiary/aromatic N) is 3. The number of carbonyl (C=O) groups is 1. The number of rotatable bonds is 6. The van der Waals surface area contributed by atoms with Crippen molar-refractivity contribution in [3.05, 3.63) is 54.1 Å². The van der Waals surface area contributed by atoms with Crippen molar-refractivity contribution in [2.75, 3.05) is 12.4 Å². The van der Waals surface area contributed by atoms with Crippen LogP contribution in [-0.4, -0.2) is 33.0 Å². The minimum Gasteiger partial charge on any atom is -0.495 e. The van der Waals surface area contributed by atoms with Crippen LogP contribution in [0.3, 0.4) is 0 Å². The Hall–Kier alpha value is -2.80. The summed E-state index contributed by atoms with van der Waals surface area (Å²) >= 11 is 1.37. The summed E-state index contributed by atoms with van der Waals surface area (Å²) in [5.74, 6) is 1.29. The lowest BCUT2D eigenvalue weighted by molar-refractivity contribution is -0.115. The normalized spacial score (nSPS) is 11.9. The number of benzene rings is 2. The van der Waals surface area contributed by atoms with Gasteiger partial charge in [-0.25, -0.2) is 0 Å². The molecule has 0 aliphatic heterocycles.